The van der Waals surface area contributed by atoms with Crippen LogP contribution < -0.4 is 10.1 Å². The fourth-order valence-corrected chi connectivity index (χ4v) is 2.14. The van der Waals surface area contributed by atoms with Gasteiger partial charge in [0.2, 0.25) is 5.91 Å². The predicted octanol–water partition coefficient (Wildman–Crippen LogP) is 1.58. The van der Waals surface area contributed by atoms with E-state index in [1.807, 2.05) is 50.1 Å². The van der Waals surface area contributed by atoms with Crippen LogP contribution in [-0.2, 0) is 4.79 Å². The number of carbonyl (C=O) groups is 1. The van der Waals surface area contributed by atoms with Crippen LogP contribution in [0.1, 0.15) is 26.3 Å². The molecule has 5 heteroatoms. The molecule has 1 aromatic carbocycles. The van der Waals surface area contributed by atoms with Crippen LogP contribution in [0.3, 0.4) is 0 Å². The van der Waals surface area contributed by atoms with Gasteiger partial charge in [0.05, 0.1) is 18.2 Å². The molecule has 0 saturated heterocycles. The third kappa shape index (κ3) is 6.91. The number of aliphatic hydroxyl groups is 1. The van der Waals surface area contributed by atoms with Crippen molar-refractivity contribution in [2.24, 2.45) is 0 Å². The Hall–Kier alpha value is -1.59. The summed E-state index contributed by atoms with van der Waals surface area (Å²) in [7, 11) is 1.82. The van der Waals surface area contributed by atoms with E-state index in [0.717, 1.165) is 11.3 Å². The van der Waals surface area contributed by atoms with Gasteiger partial charge in [-0.05, 0) is 52.4 Å². The number of amides is 1. The van der Waals surface area contributed by atoms with Crippen LogP contribution in [-0.4, -0.2) is 54.3 Å². The maximum Gasteiger partial charge on any atom is 0.237 e. The normalized spacial score (nSPS) is 13.0. The van der Waals surface area contributed by atoms with Crippen molar-refractivity contribution >= 4 is 5.91 Å². The molecule has 1 atom stereocenters. The second-order valence-electron chi connectivity index (χ2n) is 6.36. The highest BCUT2D eigenvalue weighted by molar-refractivity contribution is 5.81. The molecule has 0 saturated carbocycles. The second kappa shape index (κ2) is 8.15. The standard InChI is InChI=1S/C17H28N2O3/c1-13-7-6-8-15(11-13)22-10-9-18-16(20)14(2)19(5)12-17(3,4)21/h6-8,11,14,21H,9-10,12H2,1-5H3,(H,18,20). The Labute approximate surface area is 133 Å². The largest absolute Gasteiger partial charge is 0.492 e. The van der Waals surface area contributed by atoms with E-state index in [-0.39, 0.29) is 11.9 Å². The smallest absolute Gasteiger partial charge is 0.237 e. The summed E-state index contributed by atoms with van der Waals surface area (Å²) in [5.74, 6) is 0.737. The first-order chi connectivity index (χ1) is 10.2. The molecule has 1 unspecified atom stereocenters. The lowest BCUT2D eigenvalue weighted by atomic mass is 10.1. The molecule has 0 bridgehead atoms. The average molecular weight is 308 g/mol. The summed E-state index contributed by atoms with van der Waals surface area (Å²) < 4.78 is 5.59. The zero-order valence-corrected chi connectivity index (χ0v) is 14.2. The SMILES string of the molecule is Cc1cccc(OCCNC(=O)C(C)N(C)CC(C)(C)O)c1. The Balaban J connectivity index is 2.30. The van der Waals surface area contributed by atoms with Gasteiger partial charge < -0.3 is 15.2 Å². The van der Waals surface area contributed by atoms with Crippen LogP contribution >= 0.6 is 0 Å². The van der Waals surface area contributed by atoms with Gasteiger partial charge in [-0.3, -0.25) is 9.69 Å². The fraction of sp³-hybridized carbons (Fsp3) is 0.588. The molecule has 1 aromatic rings. The first-order valence-corrected chi connectivity index (χ1v) is 7.59. The molecule has 2 N–H and O–H groups in total. The zero-order valence-electron chi connectivity index (χ0n) is 14.2. The molecule has 0 spiro atoms. The number of nitrogens with zero attached hydrogens (tertiary/aromatic N) is 1. The van der Waals surface area contributed by atoms with Crippen LogP contribution in [0.5, 0.6) is 5.75 Å². The zero-order chi connectivity index (χ0) is 16.8. The Kier molecular flexibility index (Phi) is 6.84. The van der Waals surface area contributed by atoms with Crippen LogP contribution in [0.15, 0.2) is 24.3 Å². The summed E-state index contributed by atoms with van der Waals surface area (Å²) in [6, 6.07) is 7.51. The van der Waals surface area contributed by atoms with Gasteiger partial charge in [-0.25, -0.2) is 0 Å². The van der Waals surface area contributed by atoms with Crippen molar-refractivity contribution in [2.75, 3.05) is 26.7 Å². The van der Waals surface area contributed by atoms with Gasteiger partial charge in [0.1, 0.15) is 12.4 Å². The van der Waals surface area contributed by atoms with Gasteiger partial charge >= 0.3 is 0 Å². The molecule has 22 heavy (non-hydrogen) atoms. The monoisotopic (exact) mass is 308 g/mol. The van der Waals surface area contributed by atoms with E-state index in [4.69, 9.17) is 4.74 Å². The van der Waals surface area contributed by atoms with E-state index in [0.29, 0.717) is 19.7 Å². The highest BCUT2D eigenvalue weighted by atomic mass is 16.5. The molecule has 0 aromatic heterocycles. The minimum atomic E-state index is -0.822. The number of nitrogens with one attached hydrogen (secondary N) is 1. The topological polar surface area (TPSA) is 61.8 Å². The Bertz CT molecular complexity index is 483. The first kappa shape index (κ1) is 18.5. The molecule has 0 radical (unpaired) electrons. The van der Waals surface area contributed by atoms with Gasteiger partial charge in [0.15, 0.2) is 0 Å². The number of ether oxygens (including phenoxy) is 1. The van der Waals surface area contributed by atoms with Gasteiger partial charge in [0.25, 0.3) is 0 Å². The maximum atomic E-state index is 12.0. The van der Waals surface area contributed by atoms with Crippen LogP contribution in [0, 0.1) is 6.92 Å². The van der Waals surface area contributed by atoms with E-state index in [9.17, 15) is 9.90 Å². The van der Waals surface area contributed by atoms with Crippen molar-refractivity contribution in [3.8, 4) is 5.75 Å². The third-order valence-corrected chi connectivity index (χ3v) is 3.34. The average Bonchev–Trinajstić information content (AvgIpc) is 2.40. The second-order valence-corrected chi connectivity index (χ2v) is 6.36. The van der Waals surface area contributed by atoms with E-state index in [1.54, 1.807) is 13.8 Å². The quantitative estimate of drug-likeness (QED) is 0.716. The Morgan fingerprint density at radius 3 is 2.73 bits per heavy atom. The van der Waals surface area contributed by atoms with Crippen LogP contribution in [0.2, 0.25) is 0 Å². The van der Waals surface area contributed by atoms with Gasteiger partial charge in [-0.1, -0.05) is 12.1 Å². The lowest BCUT2D eigenvalue weighted by Gasteiger charge is -2.29. The molecule has 1 rings (SSSR count). The lowest BCUT2D eigenvalue weighted by molar-refractivity contribution is -0.126. The van der Waals surface area contributed by atoms with Crippen LogP contribution in [0.25, 0.3) is 0 Å². The molecule has 124 valence electrons. The number of rotatable bonds is 8. The van der Waals surface area contributed by atoms with E-state index in [2.05, 4.69) is 5.32 Å². The molecular weight excluding hydrogens is 280 g/mol. The van der Waals surface area contributed by atoms with Crippen molar-refractivity contribution in [3.05, 3.63) is 29.8 Å². The van der Waals surface area contributed by atoms with E-state index in [1.165, 1.54) is 0 Å². The van der Waals surface area contributed by atoms with Crippen LogP contribution in [0.4, 0.5) is 0 Å². The summed E-state index contributed by atoms with van der Waals surface area (Å²) in [6.45, 7) is 8.59. The maximum absolute atomic E-state index is 12.0. The molecule has 0 heterocycles. The number of carbonyl (C=O) groups excluding carboxylic acids is 1. The highest BCUT2D eigenvalue weighted by Gasteiger charge is 2.23. The van der Waals surface area contributed by atoms with E-state index >= 15 is 0 Å². The van der Waals surface area contributed by atoms with Crippen molar-refractivity contribution in [1.29, 1.82) is 0 Å². The lowest BCUT2D eigenvalue weighted by Crippen LogP contribution is -2.48. The van der Waals surface area contributed by atoms with Gasteiger partial charge in [0, 0.05) is 6.54 Å². The minimum Gasteiger partial charge on any atom is -0.492 e. The first-order valence-electron chi connectivity index (χ1n) is 7.59. The highest BCUT2D eigenvalue weighted by Crippen LogP contribution is 2.11. The van der Waals surface area contributed by atoms with E-state index < -0.39 is 5.60 Å². The van der Waals surface area contributed by atoms with Crippen molar-refractivity contribution in [3.63, 3.8) is 0 Å². The summed E-state index contributed by atoms with van der Waals surface area (Å²) >= 11 is 0. The molecule has 0 aliphatic rings. The number of hydrogen-bond acceptors (Lipinski definition) is 4. The summed E-state index contributed by atoms with van der Waals surface area (Å²) in [5.41, 5.74) is 0.320. The third-order valence-electron chi connectivity index (χ3n) is 3.34. The number of hydrogen-bond donors (Lipinski definition) is 2. The Morgan fingerprint density at radius 1 is 1.45 bits per heavy atom. The number of likely N-dealkylation sites (N-methyl/N-ethyl adjacent to an activating group) is 1. The fourth-order valence-electron chi connectivity index (χ4n) is 2.14. The molecule has 0 aliphatic heterocycles. The Morgan fingerprint density at radius 2 is 2.14 bits per heavy atom. The number of benzene rings is 1. The summed E-state index contributed by atoms with van der Waals surface area (Å²) in [5, 5.41) is 12.6. The predicted molar refractivity (Wildman–Crippen MR) is 88.1 cm³/mol. The minimum absolute atomic E-state index is 0.0698. The summed E-state index contributed by atoms with van der Waals surface area (Å²) in [4.78, 5) is 13.9. The molecule has 0 aliphatic carbocycles. The van der Waals surface area contributed by atoms with Crippen molar-refractivity contribution in [1.82, 2.24) is 10.2 Å². The van der Waals surface area contributed by atoms with Crippen molar-refractivity contribution < 1.29 is 14.6 Å². The van der Waals surface area contributed by atoms with Gasteiger partial charge in [-0.15, -0.1) is 0 Å². The molecule has 0 fully saturated rings. The van der Waals surface area contributed by atoms with Gasteiger partial charge in [-0.2, -0.15) is 0 Å². The molecular formula is C17H28N2O3. The molecule has 1 amide bonds. The van der Waals surface area contributed by atoms with Crippen molar-refractivity contribution in [2.45, 2.75) is 39.3 Å². The molecule has 5 nitrogen and oxygen atoms in total. The number of aryl methyl sites for hydroxylation is 1. The summed E-state index contributed by atoms with van der Waals surface area (Å²) in [6.07, 6.45) is 0.